The van der Waals surface area contributed by atoms with Crippen LogP contribution in [0.3, 0.4) is 0 Å². The van der Waals surface area contributed by atoms with Crippen LogP contribution in [0.15, 0.2) is 24.3 Å². The zero-order chi connectivity index (χ0) is 13.1. The summed E-state index contributed by atoms with van der Waals surface area (Å²) in [6.45, 7) is 6.60. The second kappa shape index (κ2) is 5.72. The third-order valence-corrected chi connectivity index (χ3v) is 3.83. The van der Waals surface area contributed by atoms with Gasteiger partial charge in [-0.25, -0.2) is 0 Å². The average Bonchev–Trinajstić information content (AvgIpc) is 2.49. The van der Waals surface area contributed by atoms with E-state index in [2.05, 4.69) is 55.0 Å². The van der Waals surface area contributed by atoms with Gasteiger partial charge in [-0.3, -0.25) is 0 Å². The first kappa shape index (κ1) is 13.4. The first-order chi connectivity index (χ1) is 8.61. The molecule has 1 saturated heterocycles. The zero-order valence-electron chi connectivity index (χ0n) is 11.6. The van der Waals surface area contributed by atoms with Gasteiger partial charge >= 0.3 is 0 Å². The predicted octanol–water partition coefficient (Wildman–Crippen LogP) is 1.89. The van der Waals surface area contributed by atoms with Gasteiger partial charge in [0.1, 0.15) is 0 Å². The topological polar surface area (TPSA) is 26.7 Å². The van der Waals surface area contributed by atoms with E-state index in [1.807, 2.05) is 0 Å². The molecule has 2 unspecified atom stereocenters. The summed E-state index contributed by atoms with van der Waals surface area (Å²) in [5.41, 5.74) is 2.51. The van der Waals surface area contributed by atoms with Gasteiger partial charge in [-0.15, -0.1) is 0 Å². The third-order valence-electron chi connectivity index (χ3n) is 3.83. The molecule has 0 spiro atoms. The summed E-state index contributed by atoms with van der Waals surface area (Å²) in [5.74, 6) is 0. The molecule has 3 heteroatoms. The lowest BCUT2D eigenvalue weighted by molar-refractivity contribution is 0.228. The van der Waals surface area contributed by atoms with Crippen molar-refractivity contribution in [1.29, 1.82) is 0 Å². The third kappa shape index (κ3) is 2.85. The second-order valence-electron chi connectivity index (χ2n) is 5.48. The molecule has 1 aliphatic heterocycles. The molecule has 1 heterocycles. The summed E-state index contributed by atoms with van der Waals surface area (Å²) in [6, 6.07) is 9.23. The molecule has 1 aliphatic rings. The Balaban J connectivity index is 2.31. The number of hydrogen-bond acceptors (Lipinski definition) is 3. The highest BCUT2D eigenvalue weighted by atomic mass is 16.3. The fourth-order valence-electron chi connectivity index (χ4n) is 2.84. The molecule has 18 heavy (non-hydrogen) atoms. The van der Waals surface area contributed by atoms with Crippen LogP contribution in [0.4, 0.5) is 5.69 Å². The fraction of sp³-hybridized carbons (Fsp3) is 0.600. The van der Waals surface area contributed by atoms with Gasteiger partial charge in [0.25, 0.3) is 0 Å². The maximum atomic E-state index is 9.68. The molecule has 2 rings (SSSR count). The number of rotatable bonds is 2. The van der Waals surface area contributed by atoms with E-state index in [1.165, 1.54) is 11.3 Å². The number of nitrogens with zero attached hydrogens (tertiary/aromatic N) is 2. The van der Waals surface area contributed by atoms with Crippen molar-refractivity contribution in [2.45, 2.75) is 32.4 Å². The van der Waals surface area contributed by atoms with Crippen LogP contribution in [0.5, 0.6) is 0 Å². The maximum absolute atomic E-state index is 9.68. The molecule has 100 valence electrons. The smallest absolute Gasteiger partial charge is 0.0650 e. The number of hydrogen-bond donors (Lipinski definition) is 1. The van der Waals surface area contributed by atoms with Gasteiger partial charge in [-0.1, -0.05) is 12.1 Å². The molecule has 1 fully saturated rings. The number of likely N-dealkylation sites (N-methyl/N-ethyl adjacent to an activating group) is 1. The van der Waals surface area contributed by atoms with E-state index in [0.29, 0.717) is 6.04 Å². The number of benzene rings is 1. The summed E-state index contributed by atoms with van der Waals surface area (Å²) in [5, 5.41) is 9.68. The minimum absolute atomic E-state index is 0.189. The Kier molecular flexibility index (Phi) is 4.25. The minimum atomic E-state index is 0.189. The summed E-state index contributed by atoms with van der Waals surface area (Å²) in [4.78, 5) is 4.70. The lowest BCUT2D eigenvalue weighted by Gasteiger charge is -2.36. The molecule has 3 nitrogen and oxygen atoms in total. The monoisotopic (exact) mass is 248 g/mol. The molecule has 1 aromatic rings. The van der Waals surface area contributed by atoms with Crippen molar-refractivity contribution < 1.29 is 5.11 Å². The molecule has 0 aliphatic carbocycles. The van der Waals surface area contributed by atoms with Gasteiger partial charge in [0.2, 0.25) is 0 Å². The summed E-state index contributed by atoms with van der Waals surface area (Å²) in [7, 11) is 2.13. The van der Waals surface area contributed by atoms with E-state index in [9.17, 15) is 5.11 Å². The van der Waals surface area contributed by atoms with Crippen molar-refractivity contribution in [2.75, 3.05) is 31.6 Å². The lowest BCUT2D eigenvalue weighted by atomic mass is 10.1. The van der Waals surface area contributed by atoms with Gasteiger partial charge in [0.05, 0.1) is 12.6 Å². The summed E-state index contributed by atoms with van der Waals surface area (Å²) < 4.78 is 0. The van der Waals surface area contributed by atoms with Crippen molar-refractivity contribution in [3.8, 4) is 0 Å². The van der Waals surface area contributed by atoms with E-state index < -0.39 is 0 Å². The quantitative estimate of drug-likeness (QED) is 0.866. The van der Waals surface area contributed by atoms with Crippen molar-refractivity contribution in [3.05, 3.63) is 29.8 Å². The van der Waals surface area contributed by atoms with Crippen LogP contribution >= 0.6 is 0 Å². The van der Waals surface area contributed by atoms with Crippen LogP contribution in [0.25, 0.3) is 0 Å². The van der Waals surface area contributed by atoms with Crippen LogP contribution in [0, 0.1) is 6.92 Å². The largest absolute Gasteiger partial charge is 0.394 e. The normalized spacial score (nSPS) is 26.1. The van der Waals surface area contributed by atoms with E-state index in [1.54, 1.807) is 0 Å². The highest BCUT2D eigenvalue weighted by Gasteiger charge is 2.27. The van der Waals surface area contributed by atoms with Crippen LogP contribution in [-0.4, -0.2) is 48.8 Å². The first-order valence-corrected chi connectivity index (χ1v) is 6.76. The average molecular weight is 248 g/mol. The van der Waals surface area contributed by atoms with Crippen LogP contribution < -0.4 is 4.90 Å². The molecule has 0 saturated carbocycles. The zero-order valence-corrected chi connectivity index (χ0v) is 11.6. The minimum Gasteiger partial charge on any atom is -0.394 e. The standard InChI is InChI=1S/C15H24N2O/c1-12-5-4-6-14(9-12)17-13(2)7-8-16(3)10-15(17)11-18/h4-6,9,13,15,18H,7-8,10-11H2,1-3H3. The van der Waals surface area contributed by atoms with E-state index >= 15 is 0 Å². The van der Waals surface area contributed by atoms with Crippen LogP contribution in [0.2, 0.25) is 0 Å². The maximum Gasteiger partial charge on any atom is 0.0650 e. The van der Waals surface area contributed by atoms with Gasteiger partial charge in [0.15, 0.2) is 0 Å². The highest BCUT2D eigenvalue weighted by Crippen LogP contribution is 2.25. The number of aliphatic hydroxyl groups is 1. The molecule has 0 radical (unpaired) electrons. The first-order valence-electron chi connectivity index (χ1n) is 6.76. The van der Waals surface area contributed by atoms with Crippen LogP contribution in [0.1, 0.15) is 18.9 Å². The molecule has 1 aromatic carbocycles. The predicted molar refractivity (Wildman–Crippen MR) is 76.1 cm³/mol. The Labute approximate surface area is 110 Å². The molecule has 1 N–H and O–H groups in total. The number of aryl methyl sites for hydroxylation is 1. The number of anilines is 1. The summed E-state index contributed by atoms with van der Waals surface area (Å²) >= 11 is 0. The Morgan fingerprint density at radius 3 is 2.83 bits per heavy atom. The van der Waals surface area contributed by atoms with Crippen molar-refractivity contribution in [3.63, 3.8) is 0 Å². The molecule has 0 amide bonds. The fourth-order valence-corrected chi connectivity index (χ4v) is 2.84. The Morgan fingerprint density at radius 2 is 2.17 bits per heavy atom. The van der Waals surface area contributed by atoms with Gasteiger partial charge in [0, 0.05) is 18.3 Å². The molecule has 0 bridgehead atoms. The van der Waals surface area contributed by atoms with Crippen molar-refractivity contribution >= 4 is 5.69 Å². The second-order valence-corrected chi connectivity index (χ2v) is 5.48. The Hall–Kier alpha value is -1.06. The van der Waals surface area contributed by atoms with E-state index in [0.717, 1.165) is 19.5 Å². The Morgan fingerprint density at radius 1 is 1.39 bits per heavy atom. The van der Waals surface area contributed by atoms with Gasteiger partial charge in [-0.2, -0.15) is 0 Å². The van der Waals surface area contributed by atoms with Crippen molar-refractivity contribution in [2.24, 2.45) is 0 Å². The summed E-state index contributed by atoms with van der Waals surface area (Å²) in [6.07, 6.45) is 1.14. The molecular weight excluding hydrogens is 224 g/mol. The highest BCUT2D eigenvalue weighted by molar-refractivity contribution is 5.50. The van der Waals surface area contributed by atoms with E-state index in [4.69, 9.17) is 0 Å². The van der Waals surface area contributed by atoms with Crippen LogP contribution in [-0.2, 0) is 0 Å². The van der Waals surface area contributed by atoms with Gasteiger partial charge in [-0.05, 0) is 51.6 Å². The Bertz CT molecular complexity index is 394. The van der Waals surface area contributed by atoms with Gasteiger partial charge < -0.3 is 14.9 Å². The lowest BCUT2D eigenvalue weighted by Crippen LogP contribution is -2.46. The van der Waals surface area contributed by atoms with Crippen molar-refractivity contribution in [1.82, 2.24) is 4.90 Å². The number of aliphatic hydroxyl groups excluding tert-OH is 1. The molecule has 2 atom stereocenters. The molecule has 0 aromatic heterocycles. The van der Waals surface area contributed by atoms with E-state index in [-0.39, 0.29) is 12.6 Å². The SMILES string of the molecule is Cc1cccc(N2C(C)CCN(C)CC2CO)c1. The molecular formula is C15H24N2O.